The highest BCUT2D eigenvalue weighted by Crippen LogP contribution is 2.29. The quantitative estimate of drug-likeness (QED) is 0.576. The van der Waals surface area contributed by atoms with Crippen LogP contribution in [-0.2, 0) is 17.8 Å². The van der Waals surface area contributed by atoms with Crippen molar-refractivity contribution in [1.29, 1.82) is 0 Å². The van der Waals surface area contributed by atoms with Crippen LogP contribution in [0, 0.1) is 6.92 Å². The molecular formula is C24H29N5O4. The molecular weight excluding hydrogens is 422 g/mol. The van der Waals surface area contributed by atoms with Gasteiger partial charge in [-0.3, -0.25) is 19.7 Å². The van der Waals surface area contributed by atoms with Crippen molar-refractivity contribution in [2.75, 3.05) is 46.0 Å². The van der Waals surface area contributed by atoms with E-state index in [0.29, 0.717) is 38.7 Å². The molecule has 5 rings (SSSR count). The summed E-state index contributed by atoms with van der Waals surface area (Å²) >= 11 is 0. The summed E-state index contributed by atoms with van der Waals surface area (Å²) in [4.78, 5) is 23.7. The summed E-state index contributed by atoms with van der Waals surface area (Å²) in [6.45, 7) is 8.25. The molecule has 0 spiro atoms. The Labute approximate surface area is 192 Å². The highest BCUT2D eigenvalue weighted by molar-refractivity contribution is 5.74. The van der Waals surface area contributed by atoms with Gasteiger partial charge in [-0.1, -0.05) is 0 Å². The second kappa shape index (κ2) is 9.86. The molecule has 9 nitrogen and oxygen atoms in total. The summed E-state index contributed by atoms with van der Waals surface area (Å²) in [5.74, 6) is 1.45. The molecule has 0 amide bonds. The molecule has 0 aromatic carbocycles. The van der Waals surface area contributed by atoms with Crippen molar-refractivity contribution >= 4 is 11.0 Å². The van der Waals surface area contributed by atoms with E-state index in [4.69, 9.17) is 14.2 Å². The molecule has 3 aromatic heterocycles. The predicted octanol–water partition coefficient (Wildman–Crippen LogP) is 1.36. The van der Waals surface area contributed by atoms with Crippen LogP contribution in [0.4, 0.5) is 0 Å². The maximum atomic E-state index is 12.5. The molecule has 2 aliphatic heterocycles. The smallest absolute Gasteiger partial charge is 0.251 e. The summed E-state index contributed by atoms with van der Waals surface area (Å²) in [5.41, 5.74) is 3.70. The molecule has 1 saturated heterocycles. The van der Waals surface area contributed by atoms with E-state index in [1.807, 2.05) is 29.8 Å². The standard InChI is InChI=1S/C24H29N5O4/c1-17-10-21-20(27-12-17)2-3-24(30)29(21)5-4-28-6-7-31-19(16-28)14-25-13-18-11-22-23(15-26-18)33-9-8-32-22/h2-3,10-12,15,19,25H,4-9,13-14,16H2,1H3. The maximum Gasteiger partial charge on any atom is 0.251 e. The first kappa shape index (κ1) is 21.8. The van der Waals surface area contributed by atoms with Crippen LogP contribution in [0.3, 0.4) is 0 Å². The molecule has 0 bridgehead atoms. The van der Waals surface area contributed by atoms with Crippen LogP contribution in [0.25, 0.3) is 11.0 Å². The second-order valence-corrected chi connectivity index (χ2v) is 8.48. The number of aromatic nitrogens is 3. The summed E-state index contributed by atoms with van der Waals surface area (Å²) in [6, 6.07) is 7.35. The molecule has 1 N–H and O–H groups in total. The van der Waals surface area contributed by atoms with E-state index in [1.54, 1.807) is 18.3 Å². The third-order valence-corrected chi connectivity index (χ3v) is 6.00. The maximum absolute atomic E-state index is 12.5. The fourth-order valence-corrected chi connectivity index (χ4v) is 4.29. The fraction of sp³-hybridized carbons (Fsp3) is 0.458. The Hall–Kier alpha value is -3.01. The van der Waals surface area contributed by atoms with Gasteiger partial charge in [0.1, 0.15) is 13.2 Å². The Bertz CT molecular complexity index is 1180. The molecule has 0 aliphatic carbocycles. The average molecular weight is 452 g/mol. The Morgan fingerprint density at radius 3 is 2.85 bits per heavy atom. The number of aryl methyl sites for hydroxylation is 1. The van der Waals surface area contributed by atoms with E-state index in [9.17, 15) is 4.79 Å². The number of rotatable bonds is 7. The van der Waals surface area contributed by atoms with Crippen molar-refractivity contribution in [3.63, 3.8) is 0 Å². The van der Waals surface area contributed by atoms with Crippen molar-refractivity contribution < 1.29 is 14.2 Å². The van der Waals surface area contributed by atoms with Gasteiger partial charge >= 0.3 is 0 Å². The molecule has 1 unspecified atom stereocenters. The minimum absolute atomic E-state index is 0.00769. The van der Waals surface area contributed by atoms with Crippen LogP contribution in [0.1, 0.15) is 11.3 Å². The molecule has 1 fully saturated rings. The van der Waals surface area contributed by atoms with Crippen molar-refractivity contribution in [2.45, 2.75) is 26.1 Å². The Kier molecular flexibility index (Phi) is 6.52. The van der Waals surface area contributed by atoms with Crippen LogP contribution in [0.2, 0.25) is 0 Å². The summed E-state index contributed by atoms with van der Waals surface area (Å²) < 4.78 is 18.9. The monoisotopic (exact) mass is 451 g/mol. The fourth-order valence-electron chi connectivity index (χ4n) is 4.29. The minimum atomic E-state index is 0.00769. The topological polar surface area (TPSA) is 90.7 Å². The van der Waals surface area contributed by atoms with Crippen molar-refractivity contribution in [2.24, 2.45) is 0 Å². The Balaban J connectivity index is 1.14. The van der Waals surface area contributed by atoms with Crippen molar-refractivity contribution in [3.8, 4) is 11.5 Å². The molecule has 2 aliphatic rings. The Morgan fingerprint density at radius 1 is 1.06 bits per heavy atom. The Morgan fingerprint density at radius 2 is 1.94 bits per heavy atom. The van der Waals surface area contributed by atoms with E-state index >= 15 is 0 Å². The lowest BCUT2D eigenvalue weighted by Gasteiger charge is -2.33. The predicted molar refractivity (Wildman–Crippen MR) is 124 cm³/mol. The van der Waals surface area contributed by atoms with Gasteiger partial charge in [-0.2, -0.15) is 0 Å². The number of morpholine rings is 1. The highest BCUT2D eigenvalue weighted by atomic mass is 16.6. The molecule has 3 aromatic rings. The summed E-state index contributed by atoms with van der Waals surface area (Å²) in [7, 11) is 0. The van der Waals surface area contributed by atoms with Crippen LogP contribution in [-0.4, -0.2) is 71.5 Å². The lowest BCUT2D eigenvalue weighted by molar-refractivity contribution is -0.0280. The number of nitrogens with one attached hydrogen (secondary N) is 1. The van der Waals surface area contributed by atoms with E-state index in [2.05, 4.69) is 20.2 Å². The largest absolute Gasteiger partial charge is 0.486 e. The van der Waals surface area contributed by atoms with Crippen molar-refractivity contribution in [3.05, 3.63) is 58.3 Å². The van der Waals surface area contributed by atoms with E-state index < -0.39 is 0 Å². The van der Waals surface area contributed by atoms with E-state index in [-0.39, 0.29) is 11.7 Å². The van der Waals surface area contributed by atoms with Crippen molar-refractivity contribution in [1.82, 2.24) is 24.8 Å². The van der Waals surface area contributed by atoms with Gasteiger partial charge in [0, 0.05) is 57.6 Å². The molecule has 9 heteroatoms. The van der Waals surface area contributed by atoms with Gasteiger partial charge in [0.25, 0.3) is 5.56 Å². The number of hydrogen-bond donors (Lipinski definition) is 1. The lowest BCUT2D eigenvalue weighted by atomic mass is 10.2. The third-order valence-electron chi connectivity index (χ3n) is 6.00. The summed E-state index contributed by atoms with van der Waals surface area (Å²) in [6.07, 6.45) is 3.64. The molecule has 33 heavy (non-hydrogen) atoms. The average Bonchev–Trinajstić information content (AvgIpc) is 2.83. The number of ether oxygens (including phenoxy) is 3. The minimum Gasteiger partial charge on any atom is -0.486 e. The van der Waals surface area contributed by atoms with Gasteiger partial charge in [-0.15, -0.1) is 0 Å². The molecule has 1 atom stereocenters. The van der Waals surface area contributed by atoms with Gasteiger partial charge in [0.15, 0.2) is 11.5 Å². The van der Waals surface area contributed by atoms with Gasteiger partial charge < -0.3 is 24.1 Å². The molecule has 5 heterocycles. The van der Waals surface area contributed by atoms with Crippen LogP contribution in [0.5, 0.6) is 11.5 Å². The zero-order valence-corrected chi connectivity index (χ0v) is 18.8. The third kappa shape index (κ3) is 5.16. The number of pyridine rings is 3. The van der Waals surface area contributed by atoms with Gasteiger partial charge in [-0.05, 0) is 24.6 Å². The first-order chi connectivity index (χ1) is 16.2. The molecule has 0 radical (unpaired) electrons. The van der Waals surface area contributed by atoms with Crippen LogP contribution in [0.15, 0.2) is 41.5 Å². The number of hydrogen-bond acceptors (Lipinski definition) is 8. The first-order valence-electron chi connectivity index (χ1n) is 11.4. The van der Waals surface area contributed by atoms with E-state index in [1.165, 1.54) is 0 Å². The molecule has 0 saturated carbocycles. The van der Waals surface area contributed by atoms with Crippen LogP contribution < -0.4 is 20.3 Å². The number of fused-ring (bicyclic) bond motifs is 2. The van der Waals surface area contributed by atoms with Gasteiger partial charge in [0.2, 0.25) is 0 Å². The second-order valence-electron chi connectivity index (χ2n) is 8.48. The molecule has 174 valence electrons. The van der Waals surface area contributed by atoms with Gasteiger partial charge in [0.05, 0.1) is 35.6 Å². The first-order valence-corrected chi connectivity index (χ1v) is 11.4. The van der Waals surface area contributed by atoms with Gasteiger partial charge in [-0.25, -0.2) is 0 Å². The zero-order chi connectivity index (χ0) is 22.6. The van der Waals surface area contributed by atoms with Crippen LogP contribution >= 0.6 is 0 Å². The summed E-state index contributed by atoms with van der Waals surface area (Å²) in [5, 5.41) is 3.44. The SMILES string of the molecule is Cc1cnc2ccc(=O)n(CCN3CCOC(CNCc4cc5c(cn4)OCCO5)C3)c2c1. The zero-order valence-electron chi connectivity index (χ0n) is 18.8. The lowest BCUT2D eigenvalue weighted by Crippen LogP contribution is -2.47. The normalized spacial score (nSPS) is 18.5. The number of nitrogens with zero attached hydrogens (tertiary/aromatic N) is 4. The van der Waals surface area contributed by atoms with E-state index in [0.717, 1.165) is 54.2 Å². The highest BCUT2D eigenvalue weighted by Gasteiger charge is 2.21.